The zero-order valence-corrected chi connectivity index (χ0v) is 13.5. The highest BCUT2D eigenvalue weighted by Crippen LogP contribution is 2.15. The van der Waals surface area contributed by atoms with Crippen molar-refractivity contribution in [1.29, 1.82) is 0 Å². The van der Waals surface area contributed by atoms with Crippen LogP contribution in [0.15, 0.2) is 23.1 Å². The highest BCUT2D eigenvalue weighted by Gasteiger charge is 2.15. The Morgan fingerprint density at radius 1 is 1.33 bits per heavy atom. The molecular formula is C14H23FN2O3S. The maximum atomic E-state index is 13.7. The van der Waals surface area contributed by atoms with Gasteiger partial charge in [0, 0.05) is 31.3 Å². The second-order valence-electron chi connectivity index (χ2n) is 4.88. The van der Waals surface area contributed by atoms with Crippen LogP contribution < -0.4 is 10.0 Å². The summed E-state index contributed by atoms with van der Waals surface area (Å²) in [5.41, 5.74) is 0.330. The quantitative estimate of drug-likeness (QED) is 0.679. The molecule has 0 spiro atoms. The minimum atomic E-state index is -3.64. The first-order valence-electron chi connectivity index (χ1n) is 6.96. The molecule has 5 nitrogen and oxygen atoms in total. The van der Waals surface area contributed by atoms with Gasteiger partial charge in [0.2, 0.25) is 10.0 Å². The number of ether oxygens (including phenoxy) is 1. The molecule has 0 saturated carbocycles. The van der Waals surface area contributed by atoms with Crippen molar-refractivity contribution >= 4 is 10.0 Å². The van der Waals surface area contributed by atoms with E-state index in [2.05, 4.69) is 10.0 Å². The van der Waals surface area contributed by atoms with Gasteiger partial charge < -0.3 is 10.1 Å². The van der Waals surface area contributed by atoms with E-state index in [0.29, 0.717) is 18.8 Å². The largest absolute Gasteiger partial charge is 0.380 e. The van der Waals surface area contributed by atoms with Crippen molar-refractivity contribution in [1.82, 2.24) is 10.0 Å². The molecular weight excluding hydrogens is 295 g/mol. The Bertz CT molecular complexity index is 547. The van der Waals surface area contributed by atoms with E-state index >= 15 is 0 Å². The van der Waals surface area contributed by atoms with Crippen molar-refractivity contribution in [3.8, 4) is 0 Å². The average molecular weight is 318 g/mol. The summed E-state index contributed by atoms with van der Waals surface area (Å²) >= 11 is 0. The van der Waals surface area contributed by atoms with Crippen molar-refractivity contribution in [3.63, 3.8) is 0 Å². The fourth-order valence-electron chi connectivity index (χ4n) is 1.64. The van der Waals surface area contributed by atoms with E-state index in [9.17, 15) is 12.8 Å². The first-order chi connectivity index (χ1) is 9.86. The van der Waals surface area contributed by atoms with Crippen molar-refractivity contribution < 1.29 is 17.5 Å². The smallest absolute Gasteiger partial charge is 0.240 e. The van der Waals surface area contributed by atoms with Crippen molar-refractivity contribution in [2.75, 3.05) is 19.8 Å². The van der Waals surface area contributed by atoms with Gasteiger partial charge in [-0.15, -0.1) is 0 Å². The van der Waals surface area contributed by atoms with Gasteiger partial charge >= 0.3 is 0 Å². The first kappa shape index (κ1) is 18.0. The monoisotopic (exact) mass is 318 g/mol. The second-order valence-corrected chi connectivity index (χ2v) is 6.65. The van der Waals surface area contributed by atoms with Gasteiger partial charge in [0.25, 0.3) is 0 Å². The summed E-state index contributed by atoms with van der Waals surface area (Å²) in [5.74, 6) is -0.420. The Kier molecular flexibility index (Phi) is 7.24. The number of hydrogen-bond acceptors (Lipinski definition) is 4. The van der Waals surface area contributed by atoms with E-state index in [1.807, 2.05) is 20.8 Å². The highest BCUT2D eigenvalue weighted by atomic mass is 32.2. The first-order valence-corrected chi connectivity index (χ1v) is 8.44. The molecule has 7 heteroatoms. The van der Waals surface area contributed by atoms with Gasteiger partial charge in [-0.05, 0) is 25.1 Å². The summed E-state index contributed by atoms with van der Waals surface area (Å²) in [7, 11) is -3.64. The van der Waals surface area contributed by atoms with Gasteiger partial charge in [0.05, 0.1) is 11.5 Å². The van der Waals surface area contributed by atoms with Crippen LogP contribution in [-0.2, 0) is 21.3 Å². The Balaban J connectivity index is 2.79. The molecule has 0 aromatic heterocycles. The van der Waals surface area contributed by atoms with Crippen molar-refractivity contribution in [2.24, 2.45) is 0 Å². The molecule has 0 saturated heterocycles. The predicted octanol–water partition coefficient (Wildman–Crippen LogP) is 1.64. The van der Waals surface area contributed by atoms with Crippen LogP contribution >= 0.6 is 0 Å². The molecule has 0 amide bonds. The number of benzene rings is 1. The SMILES string of the molecule is CCOCCNS(=O)(=O)c1ccc(F)c(CNC(C)C)c1. The van der Waals surface area contributed by atoms with Gasteiger partial charge in [-0.1, -0.05) is 13.8 Å². The number of nitrogens with one attached hydrogen (secondary N) is 2. The summed E-state index contributed by atoms with van der Waals surface area (Å²) in [6.07, 6.45) is 0. The summed E-state index contributed by atoms with van der Waals surface area (Å²) in [6, 6.07) is 3.98. The normalized spacial score (nSPS) is 12.0. The summed E-state index contributed by atoms with van der Waals surface area (Å²) in [5, 5.41) is 3.07. The van der Waals surface area contributed by atoms with Crippen LogP contribution in [0.1, 0.15) is 26.3 Å². The number of rotatable bonds is 9. The third kappa shape index (κ3) is 6.09. The van der Waals surface area contributed by atoms with E-state index in [0.717, 1.165) is 0 Å². The molecule has 120 valence electrons. The second kappa shape index (κ2) is 8.43. The van der Waals surface area contributed by atoms with Crippen LogP contribution in [-0.4, -0.2) is 34.2 Å². The van der Waals surface area contributed by atoms with Crippen molar-refractivity contribution in [3.05, 3.63) is 29.6 Å². The summed E-state index contributed by atoms with van der Waals surface area (Å²) in [4.78, 5) is 0.0564. The number of hydrogen-bond donors (Lipinski definition) is 2. The lowest BCUT2D eigenvalue weighted by Gasteiger charge is -2.11. The lowest BCUT2D eigenvalue weighted by molar-refractivity contribution is 0.153. The Morgan fingerprint density at radius 2 is 2.05 bits per heavy atom. The molecule has 0 bridgehead atoms. The fraction of sp³-hybridized carbons (Fsp3) is 0.571. The average Bonchev–Trinajstić information content (AvgIpc) is 2.42. The van der Waals surface area contributed by atoms with Gasteiger partial charge in [-0.25, -0.2) is 17.5 Å². The molecule has 0 aliphatic carbocycles. The van der Waals surface area contributed by atoms with Crippen LogP contribution in [0.4, 0.5) is 4.39 Å². The topological polar surface area (TPSA) is 67.4 Å². The Hall–Kier alpha value is -1.02. The lowest BCUT2D eigenvalue weighted by atomic mass is 10.2. The zero-order chi connectivity index (χ0) is 15.9. The fourth-order valence-corrected chi connectivity index (χ4v) is 2.71. The van der Waals surface area contributed by atoms with Crippen LogP contribution in [0.2, 0.25) is 0 Å². The molecule has 1 aromatic rings. The van der Waals surface area contributed by atoms with Gasteiger partial charge in [0.1, 0.15) is 5.82 Å². The third-order valence-electron chi connectivity index (χ3n) is 2.77. The van der Waals surface area contributed by atoms with Crippen molar-refractivity contribution in [2.45, 2.75) is 38.3 Å². The van der Waals surface area contributed by atoms with Gasteiger partial charge in [0.15, 0.2) is 0 Å². The summed E-state index contributed by atoms with van der Waals surface area (Å²) in [6.45, 7) is 7.02. The van der Waals surface area contributed by atoms with E-state index in [1.54, 1.807) is 0 Å². The molecule has 0 unspecified atom stereocenters. The van der Waals surface area contributed by atoms with Crippen LogP contribution in [0.5, 0.6) is 0 Å². The molecule has 0 aliphatic rings. The minimum Gasteiger partial charge on any atom is -0.380 e. The van der Waals surface area contributed by atoms with Gasteiger partial charge in [-0.2, -0.15) is 0 Å². The standard InChI is InChI=1S/C14H23FN2O3S/c1-4-20-8-7-17-21(18,19)13-5-6-14(15)12(9-13)10-16-11(2)3/h5-6,9,11,16-17H,4,7-8,10H2,1-3H3. The summed E-state index contributed by atoms with van der Waals surface area (Å²) < 4.78 is 45.4. The maximum Gasteiger partial charge on any atom is 0.240 e. The molecule has 21 heavy (non-hydrogen) atoms. The molecule has 0 aliphatic heterocycles. The molecule has 2 N–H and O–H groups in total. The Labute approximate surface area is 125 Å². The van der Waals surface area contributed by atoms with E-state index in [1.165, 1.54) is 18.2 Å². The van der Waals surface area contributed by atoms with Crippen LogP contribution in [0.3, 0.4) is 0 Å². The molecule has 0 fully saturated rings. The molecule has 1 rings (SSSR count). The molecule has 0 radical (unpaired) electrons. The van der Waals surface area contributed by atoms with Crippen LogP contribution in [0.25, 0.3) is 0 Å². The van der Waals surface area contributed by atoms with E-state index in [-0.39, 0.29) is 24.0 Å². The third-order valence-corrected chi connectivity index (χ3v) is 4.23. The number of sulfonamides is 1. The predicted molar refractivity (Wildman–Crippen MR) is 80.1 cm³/mol. The van der Waals surface area contributed by atoms with E-state index in [4.69, 9.17) is 4.74 Å². The highest BCUT2D eigenvalue weighted by molar-refractivity contribution is 7.89. The molecule has 0 heterocycles. The van der Waals surface area contributed by atoms with E-state index < -0.39 is 15.8 Å². The van der Waals surface area contributed by atoms with Crippen LogP contribution in [0, 0.1) is 5.82 Å². The zero-order valence-electron chi connectivity index (χ0n) is 12.6. The lowest BCUT2D eigenvalue weighted by Crippen LogP contribution is -2.28. The number of halogens is 1. The van der Waals surface area contributed by atoms with Gasteiger partial charge in [-0.3, -0.25) is 0 Å². The molecule has 1 aromatic carbocycles. The maximum absolute atomic E-state index is 13.7. The molecule has 0 atom stereocenters. The Morgan fingerprint density at radius 3 is 2.67 bits per heavy atom. The minimum absolute atomic E-state index is 0.0564.